The Balaban J connectivity index is 2.88. The van der Waals surface area contributed by atoms with Gasteiger partial charge in [0.25, 0.3) is 5.91 Å². The maximum Gasteiger partial charge on any atom is 0.274 e. The van der Waals surface area contributed by atoms with Crippen molar-refractivity contribution in [3.05, 3.63) is 18.1 Å². The summed E-state index contributed by atoms with van der Waals surface area (Å²) in [6.45, 7) is 4.87. The number of ether oxygens (including phenoxy) is 1. The SMILES string of the molecule is CCN(C(=O)c1cncc(NN)n1)C(C)COC. The molecule has 1 heterocycles. The van der Waals surface area contributed by atoms with Crippen molar-refractivity contribution in [3.63, 3.8) is 0 Å². The van der Waals surface area contributed by atoms with E-state index in [1.165, 1.54) is 12.4 Å². The van der Waals surface area contributed by atoms with Crippen molar-refractivity contribution in [1.29, 1.82) is 0 Å². The van der Waals surface area contributed by atoms with E-state index in [0.717, 1.165) is 0 Å². The molecule has 100 valence electrons. The average molecular weight is 253 g/mol. The lowest BCUT2D eigenvalue weighted by molar-refractivity contribution is 0.0573. The third kappa shape index (κ3) is 3.38. The second-order valence-corrected chi connectivity index (χ2v) is 3.83. The van der Waals surface area contributed by atoms with Gasteiger partial charge in [0, 0.05) is 13.7 Å². The van der Waals surface area contributed by atoms with Crippen LogP contribution in [0.15, 0.2) is 12.4 Å². The minimum atomic E-state index is -0.188. The molecule has 1 amide bonds. The van der Waals surface area contributed by atoms with Crippen LogP contribution in [-0.2, 0) is 4.74 Å². The molecule has 1 aromatic heterocycles. The molecule has 0 saturated heterocycles. The minimum Gasteiger partial charge on any atom is -0.383 e. The highest BCUT2D eigenvalue weighted by molar-refractivity contribution is 5.92. The van der Waals surface area contributed by atoms with Gasteiger partial charge in [0.1, 0.15) is 5.69 Å². The molecule has 0 saturated carbocycles. The Bertz CT molecular complexity index is 399. The average Bonchev–Trinajstić information content (AvgIpc) is 2.40. The molecule has 0 aliphatic heterocycles. The van der Waals surface area contributed by atoms with E-state index in [9.17, 15) is 4.79 Å². The van der Waals surface area contributed by atoms with Crippen LogP contribution in [0.5, 0.6) is 0 Å². The van der Waals surface area contributed by atoms with Crippen LogP contribution in [0.25, 0.3) is 0 Å². The standard InChI is InChI=1S/C11H19N5O2/c1-4-16(8(2)7-18-3)11(17)9-5-13-6-10(14-9)15-12/h5-6,8H,4,7,12H2,1-3H3,(H,14,15). The Morgan fingerprint density at radius 2 is 2.33 bits per heavy atom. The van der Waals surface area contributed by atoms with Crippen LogP contribution < -0.4 is 11.3 Å². The van der Waals surface area contributed by atoms with Crippen LogP contribution in [-0.4, -0.2) is 47.1 Å². The topological polar surface area (TPSA) is 93.4 Å². The number of nitrogen functional groups attached to an aromatic ring is 1. The molecule has 1 atom stereocenters. The first kappa shape index (κ1) is 14.3. The van der Waals surface area contributed by atoms with E-state index in [-0.39, 0.29) is 17.6 Å². The number of anilines is 1. The number of nitrogens with one attached hydrogen (secondary N) is 1. The summed E-state index contributed by atoms with van der Waals surface area (Å²) in [5.74, 6) is 5.41. The van der Waals surface area contributed by atoms with Crippen LogP contribution in [0, 0.1) is 0 Å². The maximum atomic E-state index is 12.3. The molecule has 0 aliphatic carbocycles. The van der Waals surface area contributed by atoms with E-state index in [2.05, 4.69) is 15.4 Å². The van der Waals surface area contributed by atoms with Gasteiger partial charge in [-0.25, -0.2) is 10.8 Å². The molecule has 0 radical (unpaired) electrons. The van der Waals surface area contributed by atoms with Crippen LogP contribution >= 0.6 is 0 Å². The molecule has 0 bridgehead atoms. The molecule has 18 heavy (non-hydrogen) atoms. The molecule has 0 fully saturated rings. The van der Waals surface area contributed by atoms with Gasteiger partial charge in [-0.3, -0.25) is 9.78 Å². The smallest absolute Gasteiger partial charge is 0.274 e. The Hall–Kier alpha value is -1.73. The van der Waals surface area contributed by atoms with Gasteiger partial charge in [0.2, 0.25) is 0 Å². The third-order valence-electron chi connectivity index (χ3n) is 2.54. The summed E-state index contributed by atoms with van der Waals surface area (Å²) in [6.07, 6.45) is 2.87. The Labute approximate surface area is 106 Å². The zero-order valence-corrected chi connectivity index (χ0v) is 10.9. The van der Waals surface area contributed by atoms with Crippen molar-refractivity contribution in [3.8, 4) is 0 Å². The largest absolute Gasteiger partial charge is 0.383 e. The molecule has 7 nitrogen and oxygen atoms in total. The number of amides is 1. The summed E-state index contributed by atoms with van der Waals surface area (Å²) in [7, 11) is 1.60. The van der Waals surface area contributed by atoms with Gasteiger partial charge >= 0.3 is 0 Å². The van der Waals surface area contributed by atoms with Gasteiger partial charge in [0.15, 0.2) is 5.82 Å². The van der Waals surface area contributed by atoms with Gasteiger partial charge in [-0.2, -0.15) is 0 Å². The first-order chi connectivity index (χ1) is 8.63. The normalized spacial score (nSPS) is 12.0. The van der Waals surface area contributed by atoms with E-state index < -0.39 is 0 Å². The fourth-order valence-corrected chi connectivity index (χ4v) is 1.67. The van der Waals surface area contributed by atoms with Crippen LogP contribution in [0.3, 0.4) is 0 Å². The van der Waals surface area contributed by atoms with E-state index in [1.807, 2.05) is 13.8 Å². The van der Waals surface area contributed by atoms with Crippen molar-refractivity contribution < 1.29 is 9.53 Å². The van der Waals surface area contributed by atoms with Gasteiger partial charge in [-0.15, -0.1) is 0 Å². The quantitative estimate of drug-likeness (QED) is 0.558. The Morgan fingerprint density at radius 1 is 1.61 bits per heavy atom. The predicted octanol–water partition coefficient (Wildman–Crippen LogP) is 0.259. The summed E-state index contributed by atoms with van der Waals surface area (Å²) in [5, 5.41) is 0. The second kappa shape index (κ2) is 6.87. The number of hydrogen-bond acceptors (Lipinski definition) is 6. The molecule has 3 N–H and O–H groups in total. The third-order valence-corrected chi connectivity index (χ3v) is 2.54. The van der Waals surface area contributed by atoms with Gasteiger partial charge < -0.3 is 15.1 Å². The summed E-state index contributed by atoms with van der Waals surface area (Å²) < 4.78 is 5.06. The molecule has 0 aliphatic rings. The predicted molar refractivity (Wildman–Crippen MR) is 67.9 cm³/mol. The summed E-state index contributed by atoms with van der Waals surface area (Å²) in [5.41, 5.74) is 2.62. The van der Waals surface area contributed by atoms with Gasteiger partial charge in [-0.05, 0) is 13.8 Å². The lowest BCUT2D eigenvalue weighted by atomic mass is 10.2. The zero-order valence-electron chi connectivity index (χ0n) is 10.9. The maximum absolute atomic E-state index is 12.3. The van der Waals surface area contributed by atoms with E-state index in [4.69, 9.17) is 10.6 Å². The molecular weight excluding hydrogens is 234 g/mol. The molecule has 1 rings (SSSR count). The highest BCUT2D eigenvalue weighted by atomic mass is 16.5. The fourth-order valence-electron chi connectivity index (χ4n) is 1.67. The number of rotatable bonds is 6. The number of nitrogens with two attached hydrogens (primary N) is 1. The first-order valence-corrected chi connectivity index (χ1v) is 5.72. The van der Waals surface area contributed by atoms with Gasteiger partial charge in [-0.1, -0.05) is 0 Å². The molecule has 0 spiro atoms. The molecule has 7 heteroatoms. The number of methoxy groups -OCH3 is 1. The Morgan fingerprint density at radius 3 is 2.89 bits per heavy atom. The lowest BCUT2D eigenvalue weighted by Crippen LogP contribution is -2.41. The second-order valence-electron chi connectivity index (χ2n) is 3.83. The minimum absolute atomic E-state index is 0.0243. The summed E-state index contributed by atoms with van der Waals surface area (Å²) >= 11 is 0. The van der Waals surface area contributed by atoms with E-state index >= 15 is 0 Å². The van der Waals surface area contributed by atoms with Crippen molar-refractivity contribution in [1.82, 2.24) is 14.9 Å². The van der Waals surface area contributed by atoms with Crippen LogP contribution in [0.1, 0.15) is 24.3 Å². The molecule has 1 aromatic rings. The highest BCUT2D eigenvalue weighted by Crippen LogP contribution is 2.08. The zero-order chi connectivity index (χ0) is 13.5. The number of carbonyl (C=O) groups excluding carboxylic acids is 1. The number of likely N-dealkylation sites (N-methyl/N-ethyl adjacent to an activating group) is 1. The van der Waals surface area contributed by atoms with Crippen molar-refractivity contribution in [2.75, 3.05) is 25.7 Å². The van der Waals surface area contributed by atoms with Crippen molar-refractivity contribution in [2.24, 2.45) is 5.84 Å². The number of carbonyl (C=O) groups is 1. The first-order valence-electron chi connectivity index (χ1n) is 5.72. The number of nitrogens with zero attached hydrogens (tertiary/aromatic N) is 3. The Kier molecular flexibility index (Phi) is 5.47. The summed E-state index contributed by atoms with van der Waals surface area (Å²) in [6, 6.07) is -0.0243. The number of hydrazine groups is 1. The molecule has 1 unspecified atom stereocenters. The van der Waals surface area contributed by atoms with Gasteiger partial charge in [0.05, 0.1) is 25.0 Å². The fraction of sp³-hybridized carbons (Fsp3) is 0.545. The molecule has 0 aromatic carbocycles. The lowest BCUT2D eigenvalue weighted by Gasteiger charge is -2.27. The van der Waals surface area contributed by atoms with Crippen molar-refractivity contribution in [2.45, 2.75) is 19.9 Å². The number of hydrogen-bond donors (Lipinski definition) is 2. The monoisotopic (exact) mass is 253 g/mol. The summed E-state index contributed by atoms with van der Waals surface area (Å²) in [4.78, 5) is 21.9. The highest BCUT2D eigenvalue weighted by Gasteiger charge is 2.21. The van der Waals surface area contributed by atoms with Crippen molar-refractivity contribution >= 4 is 11.7 Å². The van der Waals surface area contributed by atoms with Crippen LogP contribution in [0.4, 0.5) is 5.82 Å². The van der Waals surface area contributed by atoms with Crippen LogP contribution in [0.2, 0.25) is 0 Å². The van der Waals surface area contributed by atoms with E-state index in [0.29, 0.717) is 19.0 Å². The van der Waals surface area contributed by atoms with E-state index in [1.54, 1.807) is 12.0 Å². The number of aromatic nitrogens is 2. The molecular formula is C11H19N5O2.